The molecule has 1 fully saturated rings. The van der Waals surface area contributed by atoms with Crippen molar-refractivity contribution in [1.82, 2.24) is 9.62 Å². The molecule has 1 amide bonds. The van der Waals surface area contributed by atoms with E-state index in [9.17, 15) is 23.1 Å². The Morgan fingerprint density at radius 2 is 1.83 bits per heavy atom. The number of carboxylic acids is 1. The summed E-state index contributed by atoms with van der Waals surface area (Å²) in [5, 5.41) is 12.0. The molecule has 1 aliphatic rings. The monoisotopic (exact) mass is 434 g/mol. The van der Waals surface area contributed by atoms with Crippen LogP contribution >= 0.6 is 11.8 Å². The lowest BCUT2D eigenvalue weighted by Gasteiger charge is -2.24. The van der Waals surface area contributed by atoms with E-state index in [2.05, 4.69) is 5.32 Å². The number of hydrogen-bond acceptors (Lipinski definition) is 5. The lowest BCUT2D eigenvalue weighted by atomic mass is 10.1. The molecule has 0 spiro atoms. The zero-order valence-electron chi connectivity index (χ0n) is 15.8. The first kappa shape index (κ1) is 21.4. The van der Waals surface area contributed by atoms with Crippen LogP contribution in [0.1, 0.15) is 11.1 Å². The van der Waals surface area contributed by atoms with Crippen LogP contribution in [-0.2, 0) is 26.0 Å². The van der Waals surface area contributed by atoms with Gasteiger partial charge >= 0.3 is 5.97 Å². The maximum atomic E-state index is 13.0. The Morgan fingerprint density at radius 1 is 1.17 bits per heavy atom. The maximum absolute atomic E-state index is 13.0. The van der Waals surface area contributed by atoms with E-state index in [1.807, 2.05) is 13.0 Å². The molecule has 0 saturated carbocycles. The minimum absolute atomic E-state index is 0.113. The SMILES string of the molecule is Cc1ccc(S(=O)(=O)N2CSC[C@H]2C(=O)N[C@@H](Cc2ccccc2)C(=O)O)cc1. The number of aliphatic carboxylic acids is 1. The number of nitrogens with zero attached hydrogens (tertiary/aromatic N) is 1. The summed E-state index contributed by atoms with van der Waals surface area (Å²) >= 11 is 1.32. The molecule has 1 saturated heterocycles. The van der Waals surface area contributed by atoms with Crippen molar-refractivity contribution in [1.29, 1.82) is 0 Å². The molecule has 154 valence electrons. The van der Waals surface area contributed by atoms with Crippen LogP contribution < -0.4 is 5.32 Å². The van der Waals surface area contributed by atoms with Gasteiger partial charge in [0.15, 0.2) is 0 Å². The molecule has 2 aromatic carbocycles. The second-order valence-electron chi connectivity index (χ2n) is 6.81. The summed E-state index contributed by atoms with van der Waals surface area (Å²) in [5.74, 6) is -1.35. The predicted molar refractivity (Wildman–Crippen MR) is 111 cm³/mol. The largest absolute Gasteiger partial charge is 0.480 e. The van der Waals surface area contributed by atoms with Crippen LogP contribution in [0, 0.1) is 6.92 Å². The number of amides is 1. The van der Waals surface area contributed by atoms with Crippen molar-refractivity contribution < 1.29 is 23.1 Å². The number of sulfonamides is 1. The lowest BCUT2D eigenvalue weighted by molar-refractivity contribution is -0.142. The van der Waals surface area contributed by atoms with Crippen molar-refractivity contribution in [2.45, 2.75) is 30.3 Å². The predicted octanol–water partition coefficient (Wildman–Crippen LogP) is 1.87. The second-order valence-corrected chi connectivity index (χ2v) is 9.70. The molecule has 0 unspecified atom stereocenters. The van der Waals surface area contributed by atoms with Gasteiger partial charge in [-0.25, -0.2) is 13.2 Å². The summed E-state index contributed by atoms with van der Waals surface area (Å²) in [5.41, 5.74) is 1.70. The van der Waals surface area contributed by atoms with Gasteiger partial charge in [0.2, 0.25) is 15.9 Å². The van der Waals surface area contributed by atoms with E-state index in [1.165, 1.54) is 23.9 Å². The Hall–Kier alpha value is -2.36. The zero-order valence-corrected chi connectivity index (χ0v) is 17.4. The van der Waals surface area contributed by atoms with Gasteiger partial charge in [-0.2, -0.15) is 4.31 Å². The Bertz CT molecular complexity index is 978. The first-order valence-electron chi connectivity index (χ1n) is 9.02. The molecular weight excluding hydrogens is 412 g/mol. The molecule has 7 nitrogen and oxygen atoms in total. The van der Waals surface area contributed by atoms with Gasteiger partial charge in [0.1, 0.15) is 12.1 Å². The fourth-order valence-electron chi connectivity index (χ4n) is 3.03. The fourth-order valence-corrected chi connectivity index (χ4v) is 6.18. The Morgan fingerprint density at radius 3 is 2.45 bits per heavy atom. The fraction of sp³-hybridized carbons (Fsp3) is 0.300. The highest BCUT2D eigenvalue weighted by Crippen LogP contribution is 2.28. The molecule has 1 aliphatic heterocycles. The molecule has 0 bridgehead atoms. The number of aryl methyl sites for hydroxylation is 1. The Labute approximate surface area is 174 Å². The third-order valence-corrected chi connectivity index (χ3v) is 7.71. The number of rotatable bonds is 7. The number of carbonyl (C=O) groups excluding carboxylic acids is 1. The zero-order chi connectivity index (χ0) is 21.0. The van der Waals surface area contributed by atoms with Gasteiger partial charge in [0.25, 0.3) is 0 Å². The number of nitrogens with one attached hydrogen (secondary N) is 1. The maximum Gasteiger partial charge on any atom is 0.326 e. The molecule has 9 heteroatoms. The lowest BCUT2D eigenvalue weighted by Crippen LogP contribution is -2.52. The van der Waals surface area contributed by atoms with Gasteiger partial charge in [-0.3, -0.25) is 4.79 Å². The molecule has 2 aromatic rings. The van der Waals surface area contributed by atoms with Crippen molar-refractivity contribution in [3.8, 4) is 0 Å². The molecule has 3 rings (SSSR count). The van der Waals surface area contributed by atoms with E-state index >= 15 is 0 Å². The van der Waals surface area contributed by atoms with Gasteiger partial charge in [-0.15, -0.1) is 11.8 Å². The van der Waals surface area contributed by atoms with Crippen molar-refractivity contribution in [2.24, 2.45) is 0 Å². The van der Waals surface area contributed by atoms with Gasteiger partial charge < -0.3 is 10.4 Å². The molecular formula is C20H22N2O5S2. The first-order valence-corrected chi connectivity index (χ1v) is 11.6. The molecule has 2 atom stereocenters. The first-order chi connectivity index (χ1) is 13.8. The number of thioether (sulfide) groups is 1. The normalized spacial score (nSPS) is 18.3. The van der Waals surface area contributed by atoms with Crippen LogP contribution in [0.25, 0.3) is 0 Å². The average molecular weight is 435 g/mol. The van der Waals surface area contributed by atoms with Crippen LogP contribution in [0.4, 0.5) is 0 Å². The molecule has 0 aliphatic carbocycles. The summed E-state index contributed by atoms with van der Waals surface area (Å²) in [6.45, 7) is 1.86. The van der Waals surface area contributed by atoms with Crippen LogP contribution in [-0.4, -0.2) is 53.4 Å². The molecule has 29 heavy (non-hydrogen) atoms. The average Bonchev–Trinajstić information content (AvgIpc) is 3.19. The summed E-state index contributed by atoms with van der Waals surface area (Å²) in [6.07, 6.45) is 0.118. The molecule has 2 N–H and O–H groups in total. The minimum Gasteiger partial charge on any atom is -0.480 e. The Kier molecular flexibility index (Phi) is 6.61. The van der Waals surface area contributed by atoms with Crippen LogP contribution in [0.3, 0.4) is 0 Å². The van der Waals surface area contributed by atoms with E-state index in [0.717, 1.165) is 15.4 Å². The quantitative estimate of drug-likeness (QED) is 0.690. The van der Waals surface area contributed by atoms with Crippen LogP contribution in [0.15, 0.2) is 59.5 Å². The van der Waals surface area contributed by atoms with Crippen LogP contribution in [0.5, 0.6) is 0 Å². The van der Waals surface area contributed by atoms with Crippen LogP contribution in [0.2, 0.25) is 0 Å². The third kappa shape index (κ3) is 4.98. The molecule has 0 radical (unpaired) electrons. The van der Waals surface area contributed by atoms with Gasteiger partial charge in [-0.05, 0) is 24.6 Å². The van der Waals surface area contributed by atoms with Crippen molar-refractivity contribution in [3.05, 3.63) is 65.7 Å². The number of hydrogen-bond donors (Lipinski definition) is 2. The number of carbonyl (C=O) groups is 2. The van der Waals surface area contributed by atoms with Gasteiger partial charge in [-0.1, -0.05) is 48.0 Å². The highest BCUT2D eigenvalue weighted by molar-refractivity contribution is 8.00. The standard InChI is InChI=1S/C20H22N2O5S2/c1-14-7-9-16(10-8-14)29(26,27)22-13-28-12-18(22)19(23)21-17(20(24)25)11-15-5-3-2-4-6-15/h2-10,17-18H,11-13H2,1H3,(H,21,23)(H,24,25)/t17-,18-/m0/s1. The van der Waals surface area contributed by atoms with E-state index in [-0.39, 0.29) is 22.9 Å². The van der Waals surface area contributed by atoms with Crippen molar-refractivity contribution >= 4 is 33.7 Å². The third-order valence-electron chi connectivity index (χ3n) is 4.67. The van der Waals surface area contributed by atoms with E-state index < -0.39 is 34.0 Å². The highest BCUT2D eigenvalue weighted by atomic mass is 32.2. The second kappa shape index (κ2) is 8.98. The number of carboxylic acid groups (broad SMARTS) is 1. The summed E-state index contributed by atoms with van der Waals surface area (Å²) in [4.78, 5) is 24.5. The Balaban J connectivity index is 1.76. The molecule has 1 heterocycles. The summed E-state index contributed by atoms with van der Waals surface area (Å²) in [6, 6.07) is 13.3. The van der Waals surface area contributed by atoms with E-state index in [0.29, 0.717) is 0 Å². The highest BCUT2D eigenvalue weighted by Gasteiger charge is 2.41. The van der Waals surface area contributed by atoms with Crippen molar-refractivity contribution in [2.75, 3.05) is 11.6 Å². The summed E-state index contributed by atoms with van der Waals surface area (Å²) < 4.78 is 27.1. The topological polar surface area (TPSA) is 104 Å². The van der Waals surface area contributed by atoms with E-state index in [1.54, 1.807) is 36.4 Å². The minimum atomic E-state index is -3.86. The summed E-state index contributed by atoms with van der Waals surface area (Å²) in [7, 11) is -3.86. The van der Waals surface area contributed by atoms with Gasteiger partial charge in [0.05, 0.1) is 10.8 Å². The molecule has 0 aromatic heterocycles. The van der Waals surface area contributed by atoms with Crippen molar-refractivity contribution in [3.63, 3.8) is 0 Å². The number of benzene rings is 2. The van der Waals surface area contributed by atoms with E-state index in [4.69, 9.17) is 0 Å². The smallest absolute Gasteiger partial charge is 0.326 e. The van der Waals surface area contributed by atoms with Gasteiger partial charge in [0, 0.05) is 12.2 Å².